The van der Waals surface area contributed by atoms with E-state index < -0.39 is 0 Å². The Kier molecular flexibility index (Phi) is 6.01. The van der Waals surface area contributed by atoms with E-state index in [9.17, 15) is 0 Å². The number of para-hydroxylation sites is 4. The van der Waals surface area contributed by atoms with Gasteiger partial charge in [-0.3, -0.25) is 0 Å². The van der Waals surface area contributed by atoms with Crippen LogP contribution in [0.2, 0.25) is 0 Å². The second-order valence-corrected chi connectivity index (χ2v) is 14.9. The fraction of sp³-hybridized carbons (Fsp3) is 0.0800. The monoisotopic (exact) mass is 677 g/mol. The highest BCUT2D eigenvalue weighted by Crippen LogP contribution is 2.51. The SMILES string of the molecule is C1=CC2CC2C(n2c3ccccc3c3cc(-c4ccc5c(c4)c4ccccc4n5-c4ccc5c(c4)Cc4ccccc4N5c4ccccc4)ccc32)=C1. The van der Waals surface area contributed by atoms with Gasteiger partial charge >= 0.3 is 0 Å². The molecular weight excluding hydrogens is 643 g/mol. The van der Waals surface area contributed by atoms with Crippen molar-refractivity contribution in [1.82, 2.24) is 9.13 Å². The van der Waals surface area contributed by atoms with Crippen molar-refractivity contribution in [1.29, 1.82) is 0 Å². The quantitative estimate of drug-likeness (QED) is 0.181. The number of anilines is 3. The Morgan fingerprint density at radius 3 is 1.85 bits per heavy atom. The molecule has 0 amide bonds. The molecule has 3 aliphatic rings. The van der Waals surface area contributed by atoms with Gasteiger partial charge in [-0.1, -0.05) is 97.1 Å². The van der Waals surface area contributed by atoms with Crippen molar-refractivity contribution < 1.29 is 0 Å². The molecule has 1 saturated carbocycles. The Bertz CT molecular complexity index is 3030. The molecule has 3 heteroatoms. The van der Waals surface area contributed by atoms with Crippen LogP contribution in [0.4, 0.5) is 17.1 Å². The van der Waals surface area contributed by atoms with Crippen molar-refractivity contribution >= 4 is 66.4 Å². The molecule has 3 nitrogen and oxygen atoms in total. The van der Waals surface area contributed by atoms with Crippen molar-refractivity contribution in [2.24, 2.45) is 11.8 Å². The summed E-state index contributed by atoms with van der Waals surface area (Å²) < 4.78 is 4.98. The first-order valence-corrected chi connectivity index (χ1v) is 18.8. The van der Waals surface area contributed by atoms with Crippen LogP contribution in [0.1, 0.15) is 17.5 Å². The summed E-state index contributed by atoms with van der Waals surface area (Å²) in [5, 5.41) is 5.17. The van der Waals surface area contributed by atoms with Gasteiger partial charge in [0.1, 0.15) is 0 Å². The van der Waals surface area contributed by atoms with Gasteiger partial charge in [0, 0.05) is 62.3 Å². The lowest BCUT2D eigenvalue weighted by Crippen LogP contribution is -2.18. The Morgan fingerprint density at radius 2 is 1.08 bits per heavy atom. The molecule has 0 saturated heterocycles. The molecule has 12 rings (SSSR count). The largest absolute Gasteiger partial charge is 0.313 e. The summed E-state index contributed by atoms with van der Waals surface area (Å²) in [6.45, 7) is 0. The summed E-state index contributed by atoms with van der Waals surface area (Å²) >= 11 is 0. The second kappa shape index (κ2) is 11.0. The van der Waals surface area contributed by atoms with Gasteiger partial charge in [-0.2, -0.15) is 0 Å². The Balaban J connectivity index is 1.00. The first kappa shape index (κ1) is 29.0. The van der Waals surface area contributed by atoms with Crippen LogP contribution in [0.3, 0.4) is 0 Å². The third-order valence-electron chi connectivity index (χ3n) is 12.0. The van der Waals surface area contributed by atoms with Crippen molar-refractivity contribution in [2.45, 2.75) is 12.8 Å². The molecule has 250 valence electrons. The van der Waals surface area contributed by atoms with Gasteiger partial charge in [-0.05, 0) is 113 Å². The summed E-state index contributed by atoms with van der Waals surface area (Å²) in [5.74, 6) is 1.33. The van der Waals surface area contributed by atoms with Crippen LogP contribution in [-0.2, 0) is 6.42 Å². The van der Waals surface area contributed by atoms with Gasteiger partial charge in [0.25, 0.3) is 0 Å². The summed E-state index contributed by atoms with van der Waals surface area (Å²) in [6.07, 6.45) is 9.12. The maximum absolute atomic E-state index is 2.52. The summed E-state index contributed by atoms with van der Waals surface area (Å²) in [7, 11) is 0. The normalized spacial score (nSPS) is 17.3. The van der Waals surface area contributed by atoms with Gasteiger partial charge in [0.15, 0.2) is 0 Å². The van der Waals surface area contributed by atoms with E-state index >= 15 is 0 Å². The molecule has 7 aromatic carbocycles. The number of hydrogen-bond donors (Lipinski definition) is 0. The summed E-state index contributed by atoms with van der Waals surface area (Å²) in [4.78, 5) is 2.41. The summed E-state index contributed by atoms with van der Waals surface area (Å²) in [6, 6.07) is 58.5. The van der Waals surface area contributed by atoms with Gasteiger partial charge in [-0.25, -0.2) is 0 Å². The number of hydrogen-bond acceptors (Lipinski definition) is 1. The molecule has 2 aromatic heterocycles. The van der Waals surface area contributed by atoms with Gasteiger partial charge in [-0.15, -0.1) is 0 Å². The van der Waals surface area contributed by atoms with E-state index in [0.717, 1.165) is 6.42 Å². The highest BCUT2D eigenvalue weighted by molar-refractivity contribution is 6.13. The minimum Gasteiger partial charge on any atom is -0.313 e. The molecule has 2 atom stereocenters. The Hall–Kier alpha value is -6.58. The van der Waals surface area contributed by atoms with E-state index in [0.29, 0.717) is 11.8 Å². The average Bonchev–Trinajstić information content (AvgIpc) is 3.86. The van der Waals surface area contributed by atoms with Gasteiger partial charge < -0.3 is 14.0 Å². The molecule has 2 aliphatic carbocycles. The summed E-state index contributed by atoms with van der Waals surface area (Å²) in [5.41, 5.74) is 16.5. The van der Waals surface area contributed by atoms with Crippen molar-refractivity contribution in [2.75, 3.05) is 4.90 Å². The molecule has 0 bridgehead atoms. The molecule has 0 radical (unpaired) electrons. The lowest BCUT2D eigenvalue weighted by atomic mass is 9.94. The van der Waals surface area contributed by atoms with Crippen LogP contribution in [0.25, 0.3) is 66.1 Å². The highest BCUT2D eigenvalue weighted by Gasteiger charge is 2.40. The van der Waals surface area contributed by atoms with Crippen LogP contribution in [0, 0.1) is 11.8 Å². The second-order valence-electron chi connectivity index (χ2n) is 14.9. The van der Waals surface area contributed by atoms with E-state index in [1.807, 2.05) is 0 Å². The number of allylic oxidation sites excluding steroid dienone is 4. The van der Waals surface area contributed by atoms with E-state index in [1.54, 1.807) is 0 Å². The van der Waals surface area contributed by atoms with E-state index in [-0.39, 0.29) is 0 Å². The number of rotatable bonds is 4. The fourth-order valence-electron chi connectivity index (χ4n) is 9.43. The zero-order chi connectivity index (χ0) is 34.6. The zero-order valence-electron chi connectivity index (χ0n) is 29.2. The number of nitrogens with zero attached hydrogens (tertiary/aromatic N) is 3. The molecule has 53 heavy (non-hydrogen) atoms. The predicted molar refractivity (Wildman–Crippen MR) is 222 cm³/mol. The molecule has 9 aromatic rings. The minimum atomic E-state index is 0.632. The maximum atomic E-state index is 2.52. The third kappa shape index (κ3) is 4.28. The van der Waals surface area contributed by atoms with Crippen LogP contribution in [0.5, 0.6) is 0 Å². The Morgan fingerprint density at radius 1 is 0.453 bits per heavy atom. The van der Waals surface area contributed by atoms with E-state index in [2.05, 4.69) is 190 Å². The molecule has 0 N–H and O–H groups in total. The van der Waals surface area contributed by atoms with E-state index in [4.69, 9.17) is 0 Å². The first-order valence-electron chi connectivity index (χ1n) is 18.8. The molecule has 3 heterocycles. The van der Waals surface area contributed by atoms with Gasteiger partial charge in [0.05, 0.1) is 22.1 Å². The van der Waals surface area contributed by atoms with Crippen molar-refractivity contribution in [3.05, 3.63) is 187 Å². The van der Waals surface area contributed by atoms with Crippen LogP contribution in [-0.4, -0.2) is 9.13 Å². The van der Waals surface area contributed by atoms with Gasteiger partial charge in [0.2, 0.25) is 0 Å². The van der Waals surface area contributed by atoms with Crippen molar-refractivity contribution in [3.63, 3.8) is 0 Å². The smallest absolute Gasteiger partial charge is 0.0541 e. The zero-order valence-corrected chi connectivity index (χ0v) is 29.2. The molecule has 2 unspecified atom stereocenters. The predicted octanol–water partition coefficient (Wildman–Crippen LogP) is 13.0. The van der Waals surface area contributed by atoms with Crippen molar-refractivity contribution in [3.8, 4) is 16.8 Å². The van der Waals surface area contributed by atoms with Crippen LogP contribution < -0.4 is 4.90 Å². The minimum absolute atomic E-state index is 0.632. The molecular formula is C50H35N3. The third-order valence-corrected chi connectivity index (χ3v) is 12.0. The van der Waals surface area contributed by atoms with Crippen LogP contribution >= 0.6 is 0 Å². The number of fused-ring (bicyclic) bond motifs is 9. The topological polar surface area (TPSA) is 13.1 Å². The molecule has 0 spiro atoms. The molecule has 1 fully saturated rings. The number of aromatic nitrogens is 2. The maximum Gasteiger partial charge on any atom is 0.0541 e. The standard InChI is InChI=1S/C50H35N3/c1-2-13-37(14-3-1)51-44-17-7-4-11-35(44)27-36-28-38(23-26-45(36)51)52-46-18-8-5-15-39(46)42-29-32(21-24-49(42)52)33-22-25-50-43(30-33)40-16-6-9-19-47(40)53(50)48-20-10-12-34-31-41(34)48/h1-26,28-30,34,41H,27,31H2. The van der Waals surface area contributed by atoms with Crippen LogP contribution in [0.15, 0.2) is 176 Å². The fourth-order valence-corrected chi connectivity index (χ4v) is 9.43. The van der Waals surface area contributed by atoms with E-state index in [1.165, 1.54) is 101 Å². The average molecular weight is 678 g/mol. The Labute approximate surface area is 308 Å². The lowest BCUT2D eigenvalue weighted by molar-refractivity contribution is 0.935. The highest BCUT2D eigenvalue weighted by atomic mass is 15.2. The molecule has 1 aliphatic heterocycles. The first-order chi connectivity index (χ1) is 26.3. The lowest BCUT2D eigenvalue weighted by Gasteiger charge is -2.34. The number of benzene rings is 7.